The molecule has 0 aliphatic rings. The molecule has 31 heavy (non-hydrogen) atoms. The quantitative estimate of drug-likeness (QED) is 0.382. The summed E-state index contributed by atoms with van der Waals surface area (Å²) in [7, 11) is 0. The summed E-state index contributed by atoms with van der Waals surface area (Å²) in [6, 6.07) is 22.1. The van der Waals surface area contributed by atoms with Gasteiger partial charge in [-0.2, -0.15) is 0 Å². The van der Waals surface area contributed by atoms with Crippen LogP contribution in [-0.4, -0.2) is 15.8 Å². The first-order valence-electron chi connectivity index (χ1n) is 9.66. The van der Waals surface area contributed by atoms with E-state index < -0.39 is 10.8 Å². The Morgan fingerprint density at radius 2 is 1.77 bits per heavy atom. The number of hydrogen-bond acceptors (Lipinski definition) is 4. The van der Waals surface area contributed by atoms with Gasteiger partial charge in [0.2, 0.25) is 0 Å². The van der Waals surface area contributed by atoms with Crippen LogP contribution in [0.3, 0.4) is 0 Å². The molecule has 0 aliphatic carbocycles. The van der Waals surface area contributed by atoms with Crippen molar-refractivity contribution in [1.29, 1.82) is 0 Å². The number of anilines is 1. The molecule has 0 spiro atoms. The maximum Gasteiger partial charge on any atom is 0.270 e. The van der Waals surface area contributed by atoms with E-state index in [9.17, 15) is 19.7 Å². The number of pyridine rings is 1. The lowest BCUT2D eigenvalue weighted by Gasteiger charge is -2.23. The van der Waals surface area contributed by atoms with Crippen molar-refractivity contribution in [3.63, 3.8) is 0 Å². The average Bonchev–Trinajstić information content (AvgIpc) is 2.77. The van der Waals surface area contributed by atoms with Gasteiger partial charge in [0.25, 0.3) is 17.2 Å². The molecule has 4 rings (SSSR count). The highest BCUT2D eigenvalue weighted by molar-refractivity contribution is 6.06. The van der Waals surface area contributed by atoms with Gasteiger partial charge < -0.3 is 9.88 Å². The van der Waals surface area contributed by atoms with Gasteiger partial charge in [0.15, 0.2) is 0 Å². The number of nitrogens with zero attached hydrogens (tertiary/aromatic N) is 2. The zero-order chi connectivity index (χ0) is 22.0. The van der Waals surface area contributed by atoms with Gasteiger partial charge in [0.1, 0.15) is 0 Å². The second kappa shape index (κ2) is 8.23. The molecule has 1 amide bonds. The summed E-state index contributed by atoms with van der Waals surface area (Å²) >= 11 is 0. The van der Waals surface area contributed by atoms with Crippen molar-refractivity contribution in [3.05, 3.63) is 116 Å². The molecule has 0 saturated heterocycles. The molecule has 3 aromatic carbocycles. The van der Waals surface area contributed by atoms with Gasteiger partial charge in [0.05, 0.1) is 11.5 Å². The van der Waals surface area contributed by atoms with Crippen LogP contribution in [0.2, 0.25) is 0 Å². The molecule has 0 fully saturated rings. The van der Waals surface area contributed by atoms with Gasteiger partial charge in [-0.05, 0) is 48.2 Å². The number of carbonyl (C=O) groups is 1. The average molecular weight is 413 g/mol. The zero-order valence-electron chi connectivity index (χ0n) is 16.7. The van der Waals surface area contributed by atoms with Gasteiger partial charge >= 0.3 is 0 Å². The SMILES string of the molecule is Cc1cccc(N(Cc2cc3ccccc3[nH]c2=O)C(=O)c2cccc([N+](=O)[O-])c2)c1. The number of aryl methyl sites for hydroxylation is 1. The molecule has 0 radical (unpaired) electrons. The number of carbonyl (C=O) groups excluding carboxylic acids is 1. The molecule has 1 aromatic heterocycles. The number of para-hydroxylation sites is 1. The van der Waals surface area contributed by atoms with E-state index in [0.717, 1.165) is 10.9 Å². The Bertz CT molecular complexity index is 1360. The maximum absolute atomic E-state index is 13.4. The maximum atomic E-state index is 13.4. The van der Waals surface area contributed by atoms with Crippen LogP contribution in [0.4, 0.5) is 11.4 Å². The van der Waals surface area contributed by atoms with Crippen LogP contribution in [0.15, 0.2) is 83.7 Å². The van der Waals surface area contributed by atoms with Crippen LogP contribution in [0.1, 0.15) is 21.5 Å². The van der Waals surface area contributed by atoms with Gasteiger partial charge in [-0.3, -0.25) is 19.7 Å². The summed E-state index contributed by atoms with van der Waals surface area (Å²) in [5.74, 6) is -0.429. The third-order valence-electron chi connectivity index (χ3n) is 5.02. The normalized spacial score (nSPS) is 10.7. The Morgan fingerprint density at radius 3 is 2.55 bits per heavy atom. The summed E-state index contributed by atoms with van der Waals surface area (Å²) in [6.45, 7) is 1.92. The number of nitro benzene ring substituents is 1. The molecule has 0 aliphatic heterocycles. The Kier molecular flexibility index (Phi) is 5.32. The molecule has 7 nitrogen and oxygen atoms in total. The Hall–Kier alpha value is -4.26. The first-order valence-corrected chi connectivity index (χ1v) is 9.66. The van der Waals surface area contributed by atoms with Crippen molar-refractivity contribution >= 4 is 28.2 Å². The predicted octanol–water partition coefficient (Wildman–Crippen LogP) is 4.59. The summed E-state index contributed by atoms with van der Waals surface area (Å²) in [6.07, 6.45) is 0. The van der Waals surface area contributed by atoms with Crippen LogP contribution >= 0.6 is 0 Å². The van der Waals surface area contributed by atoms with E-state index in [1.54, 1.807) is 12.1 Å². The van der Waals surface area contributed by atoms with E-state index in [0.29, 0.717) is 16.8 Å². The summed E-state index contributed by atoms with van der Waals surface area (Å²) < 4.78 is 0. The van der Waals surface area contributed by atoms with Crippen molar-refractivity contribution in [1.82, 2.24) is 4.98 Å². The summed E-state index contributed by atoms with van der Waals surface area (Å²) in [5, 5.41) is 12.0. The number of aromatic nitrogens is 1. The minimum atomic E-state index is -0.540. The molecule has 7 heteroatoms. The van der Waals surface area contributed by atoms with E-state index in [-0.39, 0.29) is 23.4 Å². The monoisotopic (exact) mass is 413 g/mol. The van der Waals surface area contributed by atoms with Crippen molar-refractivity contribution in [2.75, 3.05) is 4.90 Å². The van der Waals surface area contributed by atoms with Crippen molar-refractivity contribution in [3.8, 4) is 0 Å². The van der Waals surface area contributed by atoms with Crippen molar-refractivity contribution in [2.45, 2.75) is 13.5 Å². The lowest BCUT2D eigenvalue weighted by atomic mass is 10.1. The number of nitrogens with one attached hydrogen (secondary N) is 1. The van der Waals surface area contributed by atoms with Crippen LogP contribution in [0.25, 0.3) is 10.9 Å². The van der Waals surface area contributed by atoms with Crippen LogP contribution in [0, 0.1) is 17.0 Å². The molecule has 1 heterocycles. The van der Waals surface area contributed by atoms with E-state index in [4.69, 9.17) is 0 Å². The van der Waals surface area contributed by atoms with E-state index >= 15 is 0 Å². The highest BCUT2D eigenvalue weighted by Crippen LogP contribution is 2.23. The second-order valence-electron chi connectivity index (χ2n) is 7.25. The third-order valence-corrected chi connectivity index (χ3v) is 5.02. The van der Waals surface area contributed by atoms with E-state index in [2.05, 4.69) is 4.98 Å². The van der Waals surface area contributed by atoms with Crippen molar-refractivity contribution < 1.29 is 9.72 Å². The molecule has 154 valence electrons. The van der Waals surface area contributed by atoms with Gasteiger partial charge in [0, 0.05) is 34.5 Å². The minimum absolute atomic E-state index is 0.0190. The number of nitro groups is 1. The standard InChI is InChI=1S/C24H19N3O4/c1-16-6-4-9-20(12-16)26(24(29)18-8-5-10-21(14-18)27(30)31)15-19-13-17-7-2-3-11-22(17)25-23(19)28/h2-14H,15H2,1H3,(H,25,28). The molecule has 0 bridgehead atoms. The Balaban J connectivity index is 1.79. The van der Waals surface area contributed by atoms with Gasteiger partial charge in [-0.15, -0.1) is 0 Å². The molecule has 0 saturated carbocycles. The second-order valence-corrected chi connectivity index (χ2v) is 7.25. The van der Waals surface area contributed by atoms with Gasteiger partial charge in [-0.25, -0.2) is 0 Å². The minimum Gasteiger partial charge on any atom is -0.322 e. The third kappa shape index (κ3) is 4.20. The molecule has 0 atom stereocenters. The first kappa shape index (κ1) is 20.0. The topological polar surface area (TPSA) is 96.3 Å². The van der Waals surface area contributed by atoms with Gasteiger partial charge in [-0.1, -0.05) is 36.4 Å². The highest BCUT2D eigenvalue weighted by Gasteiger charge is 2.21. The number of rotatable bonds is 5. The number of hydrogen-bond donors (Lipinski definition) is 1. The largest absolute Gasteiger partial charge is 0.322 e. The Labute approximate surface area is 177 Å². The smallest absolute Gasteiger partial charge is 0.270 e. The fraction of sp³-hybridized carbons (Fsp3) is 0.0833. The number of H-pyrrole nitrogens is 1. The predicted molar refractivity (Wildman–Crippen MR) is 119 cm³/mol. The van der Waals surface area contributed by atoms with Crippen LogP contribution in [0.5, 0.6) is 0 Å². The van der Waals surface area contributed by atoms with Crippen LogP contribution in [-0.2, 0) is 6.54 Å². The molecule has 0 unspecified atom stereocenters. The number of aromatic amines is 1. The Morgan fingerprint density at radius 1 is 1.00 bits per heavy atom. The molecular weight excluding hydrogens is 394 g/mol. The van der Waals surface area contributed by atoms with Crippen LogP contribution < -0.4 is 10.5 Å². The number of fused-ring (bicyclic) bond motifs is 1. The summed E-state index contributed by atoms with van der Waals surface area (Å²) in [5.41, 5.74) is 2.39. The molecular formula is C24H19N3O4. The number of non-ortho nitro benzene ring substituents is 1. The highest BCUT2D eigenvalue weighted by atomic mass is 16.6. The fourth-order valence-electron chi connectivity index (χ4n) is 3.46. The van der Waals surface area contributed by atoms with Crippen molar-refractivity contribution in [2.24, 2.45) is 0 Å². The lowest BCUT2D eigenvalue weighted by Crippen LogP contribution is -2.33. The zero-order valence-corrected chi connectivity index (χ0v) is 16.7. The fourth-order valence-corrected chi connectivity index (χ4v) is 3.46. The van der Waals surface area contributed by atoms with E-state index in [1.165, 1.54) is 29.2 Å². The van der Waals surface area contributed by atoms with E-state index in [1.807, 2.05) is 49.4 Å². The first-order chi connectivity index (χ1) is 14.9. The number of benzene rings is 3. The molecule has 1 N–H and O–H groups in total. The number of amides is 1. The summed E-state index contributed by atoms with van der Waals surface area (Å²) in [4.78, 5) is 41.0. The lowest BCUT2D eigenvalue weighted by molar-refractivity contribution is -0.384. The molecule has 4 aromatic rings.